The minimum Gasteiger partial charge on any atom is -0.496 e. The number of hydrogen-bond acceptors (Lipinski definition) is 7. The van der Waals surface area contributed by atoms with Crippen molar-refractivity contribution < 1.29 is 28.6 Å². The van der Waals surface area contributed by atoms with E-state index in [0.717, 1.165) is 11.3 Å². The second-order valence-electron chi connectivity index (χ2n) is 9.87. The maximum Gasteiger partial charge on any atom is 0.240 e. The maximum atomic E-state index is 14.2. The zero-order valence-corrected chi connectivity index (χ0v) is 22.5. The number of ether oxygens (including phenoxy) is 3. The van der Waals surface area contributed by atoms with Crippen molar-refractivity contribution in [1.29, 1.82) is 0 Å². The van der Waals surface area contributed by atoms with Gasteiger partial charge < -0.3 is 19.1 Å². The highest BCUT2D eigenvalue weighted by Crippen LogP contribution is 2.50. The molecule has 4 atom stereocenters. The van der Waals surface area contributed by atoms with Crippen LogP contribution in [0.5, 0.6) is 17.2 Å². The number of anilines is 2. The molecule has 39 heavy (non-hydrogen) atoms. The van der Waals surface area contributed by atoms with E-state index in [2.05, 4.69) is 15.9 Å². The van der Waals surface area contributed by atoms with Crippen LogP contribution in [0.15, 0.2) is 71.2 Å². The predicted molar refractivity (Wildman–Crippen MR) is 147 cm³/mol. The smallest absolute Gasteiger partial charge is 0.240 e. The fourth-order valence-corrected chi connectivity index (χ4v) is 6.77. The fourth-order valence-electron chi connectivity index (χ4n) is 6.23. The van der Waals surface area contributed by atoms with Crippen LogP contribution >= 0.6 is 15.9 Å². The van der Waals surface area contributed by atoms with Crippen LogP contribution in [0, 0.1) is 11.8 Å². The Kier molecular flexibility index (Phi) is 5.52. The van der Waals surface area contributed by atoms with Gasteiger partial charge in [-0.2, -0.15) is 0 Å². The number of amides is 2. The number of para-hydroxylation sites is 1. The van der Waals surface area contributed by atoms with E-state index < -0.39 is 29.8 Å². The molecule has 0 bridgehead atoms. The number of ketones is 1. The van der Waals surface area contributed by atoms with Gasteiger partial charge in [-0.15, -0.1) is 0 Å². The van der Waals surface area contributed by atoms with Crippen LogP contribution in [0.3, 0.4) is 0 Å². The number of hydrogen-bond donors (Lipinski definition) is 0. The van der Waals surface area contributed by atoms with Crippen molar-refractivity contribution in [2.75, 3.05) is 30.1 Å². The number of carbonyl (C=O) groups excluding carboxylic acids is 3. The van der Waals surface area contributed by atoms with Gasteiger partial charge in [0.25, 0.3) is 0 Å². The van der Waals surface area contributed by atoms with E-state index >= 15 is 0 Å². The van der Waals surface area contributed by atoms with Crippen molar-refractivity contribution in [1.82, 2.24) is 0 Å². The van der Waals surface area contributed by atoms with Crippen molar-refractivity contribution in [2.24, 2.45) is 11.8 Å². The molecule has 3 aromatic carbocycles. The molecule has 2 fully saturated rings. The minimum absolute atomic E-state index is 0.230. The molecule has 2 amide bonds. The van der Waals surface area contributed by atoms with Crippen molar-refractivity contribution in [3.8, 4) is 17.2 Å². The standard InChI is InChI=1S/C30H23BrN2O6/c1-37-22-10-7-17(14-19(22)31)28(34)27-26-25(21-9-6-16-4-2-3-5-20(16)33(21)27)29(35)32(30(26)36)18-8-11-23-24(15-18)39-13-12-38-23/h2-11,14-15,21,25-27H,12-13H2,1H3/t21-,25-,26-,27+/m1/s1. The summed E-state index contributed by atoms with van der Waals surface area (Å²) < 4.78 is 17.3. The Labute approximate surface area is 232 Å². The Morgan fingerprint density at radius 1 is 0.949 bits per heavy atom. The highest BCUT2D eigenvalue weighted by molar-refractivity contribution is 9.10. The second kappa shape index (κ2) is 8.98. The number of benzene rings is 3. The molecular weight excluding hydrogens is 564 g/mol. The number of fused-ring (bicyclic) bond motifs is 6. The Bertz CT molecular complexity index is 1590. The Morgan fingerprint density at radius 2 is 1.72 bits per heavy atom. The van der Waals surface area contributed by atoms with Crippen LogP contribution in [-0.4, -0.2) is 50.0 Å². The molecule has 196 valence electrons. The van der Waals surface area contributed by atoms with Crippen LogP contribution in [0.2, 0.25) is 0 Å². The normalized spacial score (nSPS) is 24.4. The summed E-state index contributed by atoms with van der Waals surface area (Å²) >= 11 is 3.47. The lowest BCUT2D eigenvalue weighted by Crippen LogP contribution is -2.48. The van der Waals surface area contributed by atoms with Gasteiger partial charge in [0.05, 0.1) is 35.1 Å². The first-order valence-electron chi connectivity index (χ1n) is 12.7. The molecule has 0 N–H and O–H groups in total. The third-order valence-electron chi connectivity index (χ3n) is 7.90. The zero-order chi connectivity index (χ0) is 26.8. The highest BCUT2D eigenvalue weighted by Gasteiger charge is 2.64. The predicted octanol–water partition coefficient (Wildman–Crippen LogP) is 4.50. The summed E-state index contributed by atoms with van der Waals surface area (Å²) in [6.07, 6.45) is 3.91. The lowest BCUT2D eigenvalue weighted by molar-refractivity contribution is -0.122. The summed E-state index contributed by atoms with van der Waals surface area (Å²) in [4.78, 5) is 45.6. The average molecular weight is 587 g/mol. The minimum atomic E-state index is -0.870. The van der Waals surface area contributed by atoms with Crippen molar-refractivity contribution in [3.05, 3.63) is 82.3 Å². The quantitative estimate of drug-likeness (QED) is 0.328. The molecule has 9 heteroatoms. The molecule has 2 saturated heterocycles. The Balaban J connectivity index is 1.34. The molecule has 4 aliphatic rings. The van der Waals surface area contributed by atoms with Crippen molar-refractivity contribution in [3.63, 3.8) is 0 Å². The van der Waals surface area contributed by atoms with Crippen LogP contribution in [-0.2, 0) is 9.59 Å². The summed E-state index contributed by atoms with van der Waals surface area (Å²) in [5.41, 5.74) is 2.61. The van der Waals surface area contributed by atoms with Gasteiger partial charge in [0, 0.05) is 17.3 Å². The fraction of sp³-hybridized carbons (Fsp3) is 0.233. The number of methoxy groups -OCH3 is 1. The van der Waals surface area contributed by atoms with Gasteiger partial charge in [0.1, 0.15) is 25.0 Å². The van der Waals surface area contributed by atoms with Crippen molar-refractivity contribution in [2.45, 2.75) is 12.1 Å². The van der Waals surface area contributed by atoms with Gasteiger partial charge in [-0.3, -0.25) is 14.4 Å². The second-order valence-corrected chi connectivity index (χ2v) is 10.7. The molecule has 0 aliphatic carbocycles. The number of halogens is 1. The zero-order valence-electron chi connectivity index (χ0n) is 20.9. The van der Waals surface area contributed by atoms with Crippen molar-refractivity contribution >= 4 is 51.0 Å². The van der Waals surface area contributed by atoms with Gasteiger partial charge in [-0.05, 0) is 57.9 Å². The van der Waals surface area contributed by atoms with Gasteiger partial charge in [0.15, 0.2) is 17.3 Å². The molecule has 0 spiro atoms. The topological polar surface area (TPSA) is 85.4 Å². The summed E-state index contributed by atoms with van der Waals surface area (Å²) in [5, 5.41) is 0. The molecule has 0 unspecified atom stereocenters. The molecule has 0 aromatic heterocycles. The molecule has 4 heterocycles. The summed E-state index contributed by atoms with van der Waals surface area (Å²) in [7, 11) is 1.56. The summed E-state index contributed by atoms with van der Waals surface area (Å²) in [5.74, 6) is -0.880. The van der Waals surface area contributed by atoms with Gasteiger partial charge in [0.2, 0.25) is 11.8 Å². The van der Waals surface area contributed by atoms with E-state index in [9.17, 15) is 14.4 Å². The first-order valence-corrected chi connectivity index (χ1v) is 13.5. The van der Waals surface area contributed by atoms with Gasteiger partial charge in [-0.1, -0.05) is 30.4 Å². The summed E-state index contributed by atoms with van der Waals surface area (Å²) in [6, 6.07) is 16.6. The molecule has 3 aromatic rings. The molecular formula is C30H23BrN2O6. The average Bonchev–Trinajstić information content (AvgIpc) is 3.44. The van der Waals surface area contributed by atoms with E-state index in [1.165, 1.54) is 4.90 Å². The molecule has 4 aliphatic heterocycles. The van der Waals surface area contributed by atoms with E-state index in [4.69, 9.17) is 14.2 Å². The Morgan fingerprint density at radius 3 is 2.51 bits per heavy atom. The maximum absolute atomic E-state index is 14.2. The third-order valence-corrected chi connectivity index (χ3v) is 8.52. The van der Waals surface area contributed by atoms with Crippen LogP contribution in [0.4, 0.5) is 11.4 Å². The van der Waals surface area contributed by atoms with E-state index in [1.807, 2.05) is 41.3 Å². The highest BCUT2D eigenvalue weighted by atomic mass is 79.9. The van der Waals surface area contributed by atoms with E-state index in [1.54, 1.807) is 43.5 Å². The molecule has 7 rings (SSSR count). The summed E-state index contributed by atoms with van der Waals surface area (Å²) in [6.45, 7) is 0.827. The van der Waals surface area contributed by atoms with Crippen LogP contribution in [0.25, 0.3) is 6.08 Å². The van der Waals surface area contributed by atoms with Crippen LogP contribution < -0.4 is 24.0 Å². The Hall–Kier alpha value is -4.11. The van der Waals surface area contributed by atoms with Gasteiger partial charge in [-0.25, -0.2) is 4.90 Å². The van der Waals surface area contributed by atoms with E-state index in [-0.39, 0.29) is 11.7 Å². The van der Waals surface area contributed by atoms with Gasteiger partial charge >= 0.3 is 0 Å². The first kappa shape index (κ1) is 24.0. The SMILES string of the molecule is COc1ccc(C(=O)[C@@H]2[C@@H]3C(=O)N(c4ccc5c(c4)OCCO5)C(=O)[C@@H]3[C@H]3C=Cc4ccccc4N32)cc1Br. The number of imide groups is 1. The molecule has 0 radical (unpaired) electrons. The third kappa shape index (κ3) is 3.52. The lowest BCUT2D eigenvalue weighted by atomic mass is 9.86. The van der Waals surface area contributed by atoms with Crippen LogP contribution in [0.1, 0.15) is 15.9 Å². The number of rotatable bonds is 4. The van der Waals surface area contributed by atoms with E-state index in [0.29, 0.717) is 46.2 Å². The molecule has 0 saturated carbocycles. The largest absolute Gasteiger partial charge is 0.496 e. The monoisotopic (exact) mass is 586 g/mol. The first-order chi connectivity index (χ1) is 19.0. The number of Topliss-reactive ketones (excluding diaryl/α,β-unsaturated/α-hetero) is 1. The number of nitrogens with zero attached hydrogens (tertiary/aromatic N) is 2. The lowest BCUT2D eigenvalue weighted by Gasteiger charge is -2.36. The molecule has 8 nitrogen and oxygen atoms in total. The number of carbonyl (C=O) groups is 3.